The number of nitrogens with one attached hydrogen (secondary N) is 1. The number of halogens is 1. The molecule has 0 aliphatic rings. The van der Waals surface area contributed by atoms with Crippen LogP contribution in [0.2, 0.25) is 0 Å². The van der Waals surface area contributed by atoms with Crippen molar-refractivity contribution in [3.8, 4) is 11.3 Å². The van der Waals surface area contributed by atoms with Gasteiger partial charge in [0.25, 0.3) is 11.5 Å². The third kappa shape index (κ3) is 3.75. The van der Waals surface area contributed by atoms with Crippen LogP contribution in [0.1, 0.15) is 10.5 Å². The molecular weight excluding hydrogens is 375 g/mol. The summed E-state index contributed by atoms with van der Waals surface area (Å²) in [5, 5.41) is 15.4. The maximum absolute atomic E-state index is 13.1. The van der Waals surface area contributed by atoms with Crippen LogP contribution in [-0.4, -0.2) is 37.2 Å². The minimum atomic E-state index is -0.338. The first-order valence-corrected chi connectivity index (χ1v) is 8.93. The van der Waals surface area contributed by atoms with Crippen molar-refractivity contribution in [1.29, 1.82) is 0 Å². The second kappa shape index (κ2) is 7.63. The van der Waals surface area contributed by atoms with Gasteiger partial charge in [-0.3, -0.25) is 14.3 Å². The quantitative estimate of drug-likeness (QED) is 0.559. The Bertz CT molecular complexity index is 1250. The second-order valence-electron chi connectivity index (χ2n) is 6.44. The molecule has 2 aromatic heterocycles. The van der Waals surface area contributed by atoms with E-state index in [0.717, 1.165) is 0 Å². The minimum Gasteiger partial charge on any atom is -0.349 e. The van der Waals surface area contributed by atoms with Crippen LogP contribution < -0.4 is 10.9 Å². The van der Waals surface area contributed by atoms with Crippen LogP contribution in [0.4, 0.5) is 4.39 Å². The van der Waals surface area contributed by atoms with Crippen molar-refractivity contribution >= 4 is 16.8 Å². The van der Waals surface area contributed by atoms with Gasteiger partial charge >= 0.3 is 0 Å². The summed E-state index contributed by atoms with van der Waals surface area (Å²) in [6.45, 7) is 0.383. The first-order chi connectivity index (χ1) is 14.0. The Morgan fingerprint density at radius 1 is 1.14 bits per heavy atom. The van der Waals surface area contributed by atoms with E-state index in [1.54, 1.807) is 49.5 Å². The number of hydrogen-bond acceptors (Lipinski definition) is 5. The molecule has 0 aliphatic heterocycles. The van der Waals surface area contributed by atoms with Gasteiger partial charge in [-0.2, -0.15) is 5.10 Å². The third-order valence-electron chi connectivity index (χ3n) is 4.49. The van der Waals surface area contributed by atoms with E-state index in [0.29, 0.717) is 27.9 Å². The highest BCUT2D eigenvalue weighted by Gasteiger charge is 2.14. The highest BCUT2D eigenvalue weighted by atomic mass is 19.1. The summed E-state index contributed by atoms with van der Waals surface area (Å²) in [6.07, 6.45) is 0. The summed E-state index contributed by atoms with van der Waals surface area (Å²) in [6, 6.07) is 14.5. The van der Waals surface area contributed by atoms with Crippen LogP contribution in [0, 0.1) is 5.82 Å². The van der Waals surface area contributed by atoms with Crippen LogP contribution in [0.5, 0.6) is 0 Å². The molecule has 2 aromatic carbocycles. The Kier molecular flexibility index (Phi) is 4.86. The van der Waals surface area contributed by atoms with Gasteiger partial charge in [-0.25, -0.2) is 9.07 Å². The Labute approximate surface area is 164 Å². The average Bonchev–Trinajstić information content (AvgIpc) is 3.12. The van der Waals surface area contributed by atoms with E-state index in [4.69, 9.17) is 0 Å². The van der Waals surface area contributed by atoms with Crippen LogP contribution in [0.15, 0.2) is 59.4 Å². The summed E-state index contributed by atoms with van der Waals surface area (Å²) in [5.41, 5.74) is 1.89. The Morgan fingerprint density at radius 2 is 1.90 bits per heavy atom. The smallest absolute Gasteiger partial charge is 0.277 e. The number of nitrogens with zero attached hydrogens (tertiary/aromatic N) is 5. The van der Waals surface area contributed by atoms with E-state index in [9.17, 15) is 14.0 Å². The average molecular weight is 392 g/mol. The molecule has 0 atom stereocenters. The van der Waals surface area contributed by atoms with Gasteiger partial charge in [0.15, 0.2) is 0 Å². The van der Waals surface area contributed by atoms with Gasteiger partial charge in [-0.1, -0.05) is 17.3 Å². The number of hydrogen-bond donors (Lipinski definition) is 1. The Balaban J connectivity index is 1.45. The minimum absolute atomic E-state index is 0.186. The lowest BCUT2D eigenvalue weighted by molar-refractivity contribution is 0.0942. The number of benzene rings is 2. The molecule has 0 unspecified atom stereocenters. The zero-order valence-electron chi connectivity index (χ0n) is 15.5. The molecule has 0 aliphatic carbocycles. The van der Waals surface area contributed by atoms with E-state index in [-0.39, 0.29) is 30.4 Å². The summed E-state index contributed by atoms with van der Waals surface area (Å²) in [7, 11) is 1.65. The van der Waals surface area contributed by atoms with Gasteiger partial charge in [-0.15, -0.1) is 5.10 Å². The predicted octanol–water partition coefficient (Wildman–Crippen LogP) is 1.76. The standard InChI is InChI=1S/C20H17FN6O2/c1-26-18(12-17(24-26)13-6-8-14(21)9-7-13)19(28)22-10-11-27-20(29)15-4-2-3-5-16(15)23-25-27/h2-9,12H,10-11H2,1H3,(H,22,28). The molecule has 1 amide bonds. The molecule has 0 saturated heterocycles. The normalized spacial score (nSPS) is 11.0. The zero-order chi connectivity index (χ0) is 20.4. The highest BCUT2D eigenvalue weighted by Crippen LogP contribution is 2.19. The largest absolute Gasteiger partial charge is 0.349 e. The van der Waals surface area contributed by atoms with Crippen LogP contribution in [0.3, 0.4) is 0 Å². The van der Waals surface area contributed by atoms with Crippen molar-refractivity contribution in [3.05, 3.63) is 76.5 Å². The van der Waals surface area contributed by atoms with Gasteiger partial charge in [-0.05, 0) is 42.5 Å². The summed E-state index contributed by atoms with van der Waals surface area (Å²) >= 11 is 0. The molecular formula is C20H17FN6O2. The van der Waals surface area contributed by atoms with Gasteiger partial charge in [0, 0.05) is 19.2 Å². The van der Waals surface area contributed by atoms with Crippen LogP contribution in [0.25, 0.3) is 22.2 Å². The molecule has 0 bridgehead atoms. The molecule has 0 radical (unpaired) electrons. The summed E-state index contributed by atoms with van der Waals surface area (Å²) < 4.78 is 15.8. The molecule has 1 N–H and O–H groups in total. The highest BCUT2D eigenvalue weighted by molar-refractivity contribution is 5.93. The Morgan fingerprint density at radius 3 is 2.69 bits per heavy atom. The Hall–Kier alpha value is -3.88. The summed E-state index contributed by atoms with van der Waals surface area (Å²) in [4.78, 5) is 24.9. The first-order valence-electron chi connectivity index (χ1n) is 8.93. The van der Waals surface area contributed by atoms with Gasteiger partial charge in [0.2, 0.25) is 0 Å². The molecule has 2 heterocycles. The van der Waals surface area contributed by atoms with Crippen LogP contribution >= 0.6 is 0 Å². The molecule has 0 saturated carbocycles. The number of carbonyl (C=O) groups is 1. The van der Waals surface area contributed by atoms with E-state index in [1.807, 2.05) is 0 Å². The number of fused-ring (bicyclic) bond motifs is 1. The number of rotatable bonds is 5. The van der Waals surface area contributed by atoms with E-state index in [2.05, 4.69) is 20.7 Å². The van der Waals surface area contributed by atoms with Crippen molar-refractivity contribution < 1.29 is 9.18 Å². The SMILES string of the molecule is Cn1nc(-c2ccc(F)cc2)cc1C(=O)NCCn1nnc2ccccc2c1=O. The third-order valence-corrected chi connectivity index (χ3v) is 4.49. The van der Waals surface area contributed by atoms with Crippen molar-refractivity contribution in [2.75, 3.05) is 6.54 Å². The van der Waals surface area contributed by atoms with Crippen molar-refractivity contribution in [1.82, 2.24) is 30.1 Å². The maximum atomic E-state index is 13.1. The first kappa shape index (κ1) is 18.5. The lowest BCUT2D eigenvalue weighted by Crippen LogP contribution is -2.33. The van der Waals surface area contributed by atoms with Crippen molar-refractivity contribution in [2.24, 2.45) is 7.05 Å². The van der Waals surface area contributed by atoms with E-state index in [1.165, 1.54) is 21.5 Å². The molecule has 29 heavy (non-hydrogen) atoms. The molecule has 9 heteroatoms. The van der Waals surface area contributed by atoms with Crippen molar-refractivity contribution in [2.45, 2.75) is 6.54 Å². The monoisotopic (exact) mass is 392 g/mol. The molecule has 146 valence electrons. The fraction of sp³-hybridized carbons (Fsp3) is 0.150. The fourth-order valence-electron chi connectivity index (χ4n) is 2.98. The van der Waals surface area contributed by atoms with E-state index < -0.39 is 0 Å². The number of aryl methyl sites for hydroxylation is 1. The van der Waals surface area contributed by atoms with Gasteiger partial charge < -0.3 is 5.32 Å². The molecule has 4 aromatic rings. The summed E-state index contributed by atoms with van der Waals surface area (Å²) in [5.74, 6) is -0.676. The molecule has 0 spiro atoms. The lowest BCUT2D eigenvalue weighted by Gasteiger charge is -2.07. The number of carbonyl (C=O) groups excluding carboxylic acids is 1. The maximum Gasteiger partial charge on any atom is 0.277 e. The molecule has 4 rings (SSSR count). The lowest BCUT2D eigenvalue weighted by atomic mass is 10.1. The van der Waals surface area contributed by atoms with Crippen LogP contribution in [-0.2, 0) is 13.6 Å². The van der Waals surface area contributed by atoms with E-state index >= 15 is 0 Å². The topological polar surface area (TPSA) is 94.7 Å². The number of amides is 1. The van der Waals surface area contributed by atoms with Gasteiger partial charge in [0.05, 0.1) is 17.6 Å². The fourth-order valence-corrected chi connectivity index (χ4v) is 2.98. The predicted molar refractivity (Wildman–Crippen MR) is 105 cm³/mol. The molecule has 0 fully saturated rings. The van der Waals surface area contributed by atoms with Gasteiger partial charge in [0.1, 0.15) is 17.0 Å². The molecule has 8 nitrogen and oxygen atoms in total. The second-order valence-corrected chi connectivity index (χ2v) is 6.44. The number of aromatic nitrogens is 5. The zero-order valence-corrected chi connectivity index (χ0v) is 15.5. The van der Waals surface area contributed by atoms with Crippen molar-refractivity contribution in [3.63, 3.8) is 0 Å².